The molecule has 2 aromatic carbocycles. The second-order valence-corrected chi connectivity index (χ2v) is 15.2. The van der Waals surface area contributed by atoms with Gasteiger partial charge in [0.1, 0.15) is 34.9 Å². The fourth-order valence-corrected chi connectivity index (χ4v) is 8.04. The van der Waals surface area contributed by atoms with Gasteiger partial charge in [-0.05, 0) is 94.5 Å². The summed E-state index contributed by atoms with van der Waals surface area (Å²) in [5.41, 5.74) is 4.86. The van der Waals surface area contributed by atoms with Crippen LogP contribution in [-0.2, 0) is 26.8 Å². The van der Waals surface area contributed by atoms with E-state index in [1.165, 1.54) is 24.3 Å². The van der Waals surface area contributed by atoms with E-state index in [0.29, 0.717) is 48.8 Å². The molecule has 0 unspecified atom stereocenters. The van der Waals surface area contributed by atoms with Gasteiger partial charge in [0.15, 0.2) is 0 Å². The summed E-state index contributed by atoms with van der Waals surface area (Å²) in [5.74, 6) is -1.27. The first kappa shape index (κ1) is 40.0. The SMILES string of the molecule is Cc1ncc(N(C)C[C@@]2(c3cccc(F)c3)C[C@H]2C(=O)Cc2cc(C)c(F)cn2)c(C)n1.Cc1ncc(N(C)C[C@@]2(c3cccc(F)c3)C[C@H]2C(=O)O)c(C)n1. The standard InChI is InChI=1S/C25H26F2N4O.C18H20FN3O2/c1-15-8-20(29-12-22(15)27)10-24(32)21-11-25(21,18-6-5-7-19(26)9-18)14-31(4)23-13-28-17(3)30-16(23)2;1-11-16(9-20-12(2)21-11)22(3)10-18(8-15(18)17(23)24)13-5-4-6-14(19)7-13/h5-9,12-13,21H,10-11,14H2,1-4H3;4-7,9,15H,8,10H2,1-3H3,(H,23,24)/t21-,25+;15-,18+/m00/s1. The molecule has 0 spiro atoms. The van der Waals surface area contributed by atoms with Gasteiger partial charge in [0.25, 0.3) is 0 Å². The van der Waals surface area contributed by atoms with Crippen LogP contribution >= 0.6 is 0 Å². The Labute approximate surface area is 324 Å². The van der Waals surface area contributed by atoms with E-state index in [1.807, 2.05) is 57.7 Å². The van der Waals surface area contributed by atoms with E-state index in [9.17, 15) is 27.9 Å². The van der Waals surface area contributed by atoms with E-state index in [-0.39, 0.29) is 35.6 Å². The number of likely N-dealkylation sites (N-methyl/N-ethyl adjacent to an activating group) is 2. The number of anilines is 2. The Bertz CT molecular complexity index is 2290. The van der Waals surface area contributed by atoms with Crippen LogP contribution in [0.15, 0.2) is 73.2 Å². The summed E-state index contributed by atoms with van der Waals surface area (Å²) in [6, 6.07) is 14.3. The van der Waals surface area contributed by atoms with Crippen LogP contribution in [0.3, 0.4) is 0 Å². The highest BCUT2D eigenvalue weighted by atomic mass is 19.1. The normalized spacial score (nSPS) is 20.8. The summed E-state index contributed by atoms with van der Waals surface area (Å²) in [6.07, 6.45) is 5.92. The zero-order valence-electron chi connectivity index (χ0n) is 32.6. The number of carboxylic acid groups (broad SMARTS) is 1. The molecule has 7 rings (SSSR count). The number of pyridine rings is 1. The largest absolute Gasteiger partial charge is 0.481 e. The van der Waals surface area contributed by atoms with E-state index in [4.69, 9.17) is 0 Å². The summed E-state index contributed by atoms with van der Waals surface area (Å²) in [6.45, 7) is 10.1. The third-order valence-corrected chi connectivity index (χ3v) is 11.1. The van der Waals surface area contributed by atoms with Crippen LogP contribution in [0.1, 0.15) is 58.3 Å². The first-order valence-electron chi connectivity index (χ1n) is 18.4. The van der Waals surface area contributed by atoms with Gasteiger partial charge in [-0.3, -0.25) is 14.6 Å². The van der Waals surface area contributed by atoms with Crippen LogP contribution in [0.2, 0.25) is 0 Å². The molecule has 292 valence electrons. The summed E-state index contributed by atoms with van der Waals surface area (Å²) in [7, 11) is 3.83. The molecule has 4 atom stereocenters. The van der Waals surface area contributed by atoms with Crippen LogP contribution in [0, 0.1) is 63.9 Å². The number of hydrogen-bond donors (Lipinski definition) is 1. The number of carbonyl (C=O) groups excluding carboxylic acids is 1. The molecule has 5 aromatic rings. The van der Waals surface area contributed by atoms with Gasteiger partial charge < -0.3 is 14.9 Å². The molecule has 56 heavy (non-hydrogen) atoms. The third-order valence-electron chi connectivity index (χ3n) is 11.1. The number of benzene rings is 2. The molecule has 0 bridgehead atoms. The zero-order valence-corrected chi connectivity index (χ0v) is 32.6. The third kappa shape index (κ3) is 8.41. The molecular formula is C43H46F3N7O3. The van der Waals surface area contributed by atoms with Crippen molar-refractivity contribution >= 4 is 23.1 Å². The molecule has 10 nitrogen and oxygen atoms in total. The minimum Gasteiger partial charge on any atom is -0.481 e. The maximum Gasteiger partial charge on any atom is 0.307 e. The molecule has 0 radical (unpaired) electrons. The Morgan fingerprint density at radius 3 is 1.62 bits per heavy atom. The molecule has 0 saturated heterocycles. The number of Topliss-reactive ketones (excluding diaryl/α,β-unsaturated/α-hetero) is 1. The van der Waals surface area contributed by atoms with Crippen molar-refractivity contribution in [1.82, 2.24) is 24.9 Å². The van der Waals surface area contributed by atoms with Gasteiger partial charge >= 0.3 is 5.97 Å². The minimum absolute atomic E-state index is 0.0260. The van der Waals surface area contributed by atoms with Crippen LogP contribution in [-0.4, -0.2) is 69.0 Å². The molecule has 2 aliphatic carbocycles. The number of nitrogens with zero attached hydrogens (tertiary/aromatic N) is 7. The lowest BCUT2D eigenvalue weighted by atomic mass is 9.90. The van der Waals surface area contributed by atoms with E-state index in [2.05, 4.69) is 24.9 Å². The first-order valence-corrected chi connectivity index (χ1v) is 18.4. The lowest BCUT2D eigenvalue weighted by molar-refractivity contribution is -0.139. The number of halogens is 3. The maximum atomic E-state index is 14.1. The molecule has 2 saturated carbocycles. The minimum atomic E-state index is -0.843. The molecule has 3 aromatic heterocycles. The Kier molecular flexibility index (Phi) is 11.3. The molecule has 2 aliphatic rings. The first-order chi connectivity index (χ1) is 26.5. The second kappa shape index (κ2) is 15.8. The van der Waals surface area contributed by atoms with Crippen LogP contribution in [0.4, 0.5) is 24.5 Å². The number of rotatable bonds is 12. The highest BCUT2D eigenvalue weighted by Gasteiger charge is 2.60. The number of hydrogen-bond acceptors (Lipinski definition) is 9. The number of ketones is 1. The van der Waals surface area contributed by atoms with E-state index >= 15 is 0 Å². The quantitative estimate of drug-likeness (QED) is 0.142. The van der Waals surface area contributed by atoms with Gasteiger partial charge in [-0.1, -0.05) is 24.3 Å². The summed E-state index contributed by atoms with van der Waals surface area (Å²) < 4.78 is 41.3. The molecule has 1 N–H and O–H groups in total. The highest BCUT2D eigenvalue weighted by molar-refractivity contribution is 5.88. The van der Waals surface area contributed by atoms with Crippen LogP contribution in [0.5, 0.6) is 0 Å². The van der Waals surface area contributed by atoms with Crippen molar-refractivity contribution < 1.29 is 27.9 Å². The fraction of sp³-hybridized carbons (Fsp3) is 0.372. The Balaban J connectivity index is 0.000000198. The number of aromatic nitrogens is 5. The lowest BCUT2D eigenvalue weighted by Crippen LogP contribution is -2.33. The zero-order chi connectivity index (χ0) is 40.5. The van der Waals surface area contributed by atoms with Gasteiger partial charge in [-0.15, -0.1) is 0 Å². The van der Waals surface area contributed by atoms with Crippen molar-refractivity contribution in [2.24, 2.45) is 11.8 Å². The van der Waals surface area contributed by atoms with Gasteiger partial charge in [0.05, 0.1) is 47.3 Å². The van der Waals surface area contributed by atoms with Crippen molar-refractivity contribution in [3.8, 4) is 0 Å². The predicted molar refractivity (Wildman–Crippen MR) is 207 cm³/mol. The van der Waals surface area contributed by atoms with Gasteiger partial charge in [-0.25, -0.2) is 33.1 Å². The van der Waals surface area contributed by atoms with Crippen molar-refractivity contribution in [2.45, 2.75) is 64.7 Å². The second-order valence-electron chi connectivity index (χ2n) is 15.2. The smallest absolute Gasteiger partial charge is 0.307 e. The number of aryl methyl sites for hydroxylation is 5. The lowest BCUT2D eigenvalue weighted by Gasteiger charge is -2.28. The average Bonchev–Trinajstić information content (AvgIpc) is 4.05. The van der Waals surface area contributed by atoms with Gasteiger partial charge in [-0.2, -0.15) is 0 Å². The van der Waals surface area contributed by atoms with Gasteiger partial charge in [0, 0.05) is 56.0 Å². The monoisotopic (exact) mass is 765 g/mol. The molecule has 0 amide bonds. The molecular weight excluding hydrogens is 720 g/mol. The molecule has 3 heterocycles. The van der Waals surface area contributed by atoms with Crippen molar-refractivity contribution in [1.29, 1.82) is 0 Å². The Morgan fingerprint density at radius 2 is 1.20 bits per heavy atom. The Hall–Kier alpha value is -5.72. The number of carboxylic acids is 1. The van der Waals surface area contributed by atoms with Crippen LogP contribution < -0.4 is 9.80 Å². The fourth-order valence-electron chi connectivity index (χ4n) is 8.04. The Morgan fingerprint density at radius 1 is 0.714 bits per heavy atom. The van der Waals surface area contributed by atoms with Crippen molar-refractivity contribution in [3.63, 3.8) is 0 Å². The summed E-state index contributed by atoms with van der Waals surface area (Å²) in [5, 5.41) is 9.46. The van der Waals surface area contributed by atoms with E-state index in [1.54, 1.807) is 43.6 Å². The van der Waals surface area contributed by atoms with E-state index in [0.717, 1.165) is 40.1 Å². The maximum absolute atomic E-state index is 14.1. The topological polar surface area (TPSA) is 125 Å². The van der Waals surface area contributed by atoms with E-state index < -0.39 is 22.7 Å². The highest BCUT2D eigenvalue weighted by Crippen LogP contribution is 2.56. The molecule has 2 fully saturated rings. The summed E-state index contributed by atoms with van der Waals surface area (Å²) >= 11 is 0. The van der Waals surface area contributed by atoms with Gasteiger partial charge in [0.2, 0.25) is 0 Å². The summed E-state index contributed by atoms with van der Waals surface area (Å²) in [4.78, 5) is 50.1. The average molecular weight is 766 g/mol. The van der Waals surface area contributed by atoms with Crippen molar-refractivity contribution in [3.05, 3.63) is 136 Å². The van der Waals surface area contributed by atoms with Crippen molar-refractivity contribution in [2.75, 3.05) is 37.0 Å². The molecule has 0 aliphatic heterocycles. The van der Waals surface area contributed by atoms with Crippen LogP contribution in [0.25, 0.3) is 0 Å². The number of aliphatic carboxylic acids is 1. The number of carbonyl (C=O) groups is 2. The predicted octanol–water partition coefficient (Wildman–Crippen LogP) is 6.99. The molecule has 13 heteroatoms.